The molecule has 0 aliphatic carbocycles. The zero-order chi connectivity index (χ0) is 23.1. The number of hydrogen-bond acceptors (Lipinski definition) is 4. The van der Waals surface area contributed by atoms with Gasteiger partial charge in [-0.05, 0) is 63.3 Å². The highest BCUT2D eigenvalue weighted by Crippen LogP contribution is 2.33. The second-order valence-corrected chi connectivity index (χ2v) is 9.27. The maximum Gasteiger partial charge on any atom is 0.276 e. The summed E-state index contributed by atoms with van der Waals surface area (Å²) in [5.74, 6) is 0.515. The molecular formula is C24H24Br2N2O4. The Balaban J connectivity index is 1.56. The highest BCUT2D eigenvalue weighted by Gasteiger charge is 2.15. The van der Waals surface area contributed by atoms with Crippen LogP contribution in [0.25, 0.3) is 10.8 Å². The summed E-state index contributed by atoms with van der Waals surface area (Å²) in [6, 6.07) is 16.7. The summed E-state index contributed by atoms with van der Waals surface area (Å²) in [7, 11) is 0. The molecular weight excluding hydrogens is 540 g/mol. The van der Waals surface area contributed by atoms with Crippen molar-refractivity contribution in [2.24, 2.45) is 5.92 Å². The van der Waals surface area contributed by atoms with Crippen molar-refractivity contribution in [3.8, 4) is 11.5 Å². The molecule has 32 heavy (non-hydrogen) atoms. The molecule has 0 saturated heterocycles. The molecule has 168 valence electrons. The minimum absolute atomic E-state index is 0.256. The van der Waals surface area contributed by atoms with Gasteiger partial charge < -0.3 is 9.47 Å². The molecule has 0 saturated carbocycles. The number of halogens is 2. The van der Waals surface area contributed by atoms with Crippen LogP contribution in [0.2, 0.25) is 0 Å². The Labute approximate surface area is 203 Å². The molecule has 2 amide bonds. The molecule has 8 heteroatoms. The molecule has 0 aliphatic rings. The van der Waals surface area contributed by atoms with Gasteiger partial charge >= 0.3 is 0 Å². The molecule has 0 aromatic heterocycles. The third kappa shape index (κ3) is 6.46. The van der Waals surface area contributed by atoms with Gasteiger partial charge in [0, 0.05) is 4.47 Å². The molecule has 0 heterocycles. The first kappa shape index (κ1) is 24.1. The van der Waals surface area contributed by atoms with E-state index in [2.05, 4.69) is 56.6 Å². The number of carbonyl (C=O) groups is 2. The van der Waals surface area contributed by atoms with Crippen LogP contribution in [0.1, 0.15) is 30.6 Å². The van der Waals surface area contributed by atoms with Crippen molar-refractivity contribution in [1.82, 2.24) is 10.9 Å². The average Bonchev–Trinajstić information content (AvgIpc) is 2.78. The molecule has 0 radical (unpaired) electrons. The monoisotopic (exact) mass is 562 g/mol. The number of amides is 2. The second-order valence-electron chi connectivity index (χ2n) is 7.56. The Morgan fingerprint density at radius 1 is 0.938 bits per heavy atom. The maximum absolute atomic E-state index is 12.6. The number of fused-ring (bicyclic) bond motifs is 1. The molecule has 6 nitrogen and oxygen atoms in total. The first-order valence-electron chi connectivity index (χ1n) is 10.2. The molecule has 3 rings (SSSR count). The molecule has 0 aliphatic heterocycles. The van der Waals surface area contributed by atoms with Crippen LogP contribution in [-0.2, 0) is 4.79 Å². The molecule has 0 fully saturated rings. The SMILES string of the molecule is CC(C)CCOc1ccc(Br)cc1C(=O)NNC(=O)COc1ccc2ccccc2c1Br. The van der Waals surface area contributed by atoms with Crippen LogP contribution in [-0.4, -0.2) is 25.0 Å². The molecule has 3 aromatic carbocycles. The first-order valence-corrected chi connectivity index (χ1v) is 11.8. The van der Waals surface area contributed by atoms with Gasteiger partial charge in [0.1, 0.15) is 11.5 Å². The van der Waals surface area contributed by atoms with Crippen LogP contribution in [0.5, 0.6) is 11.5 Å². The van der Waals surface area contributed by atoms with Gasteiger partial charge in [-0.2, -0.15) is 0 Å². The second kappa shape index (κ2) is 11.3. The standard InChI is InChI=1S/C24H24Br2N2O4/c1-15(2)11-12-31-20-10-8-17(25)13-19(20)24(30)28-27-22(29)14-32-21-9-7-16-5-3-4-6-18(16)23(21)26/h3-10,13,15H,11-12,14H2,1-2H3,(H,27,29)(H,28,30). The lowest BCUT2D eigenvalue weighted by Gasteiger charge is -2.14. The number of hydrogen-bond donors (Lipinski definition) is 2. The zero-order valence-corrected chi connectivity index (χ0v) is 21.0. The molecule has 0 atom stereocenters. The summed E-state index contributed by atoms with van der Waals surface area (Å²) >= 11 is 6.89. The first-order chi connectivity index (χ1) is 15.3. The predicted molar refractivity (Wildman–Crippen MR) is 132 cm³/mol. The smallest absolute Gasteiger partial charge is 0.276 e. The molecule has 0 unspecified atom stereocenters. The quantitative estimate of drug-likeness (QED) is 0.348. The number of nitrogens with one attached hydrogen (secondary N) is 2. The topological polar surface area (TPSA) is 76.7 Å². The number of hydrazine groups is 1. The lowest BCUT2D eigenvalue weighted by molar-refractivity contribution is -0.123. The third-order valence-corrected chi connectivity index (χ3v) is 5.95. The Kier molecular flexibility index (Phi) is 8.53. The summed E-state index contributed by atoms with van der Waals surface area (Å²) in [6.07, 6.45) is 0.871. The van der Waals surface area contributed by atoms with E-state index in [4.69, 9.17) is 9.47 Å². The summed E-state index contributed by atoms with van der Waals surface area (Å²) in [5, 5.41) is 2.04. The lowest BCUT2D eigenvalue weighted by Crippen LogP contribution is -2.44. The van der Waals surface area contributed by atoms with E-state index in [0.717, 1.165) is 26.1 Å². The Bertz CT molecular complexity index is 1120. The predicted octanol–water partition coefficient (Wildman–Crippen LogP) is 5.63. The van der Waals surface area contributed by atoms with Crippen LogP contribution in [0.3, 0.4) is 0 Å². The van der Waals surface area contributed by atoms with Gasteiger partial charge in [0.05, 0.1) is 16.6 Å². The molecule has 3 aromatic rings. The minimum atomic E-state index is -0.490. The lowest BCUT2D eigenvalue weighted by atomic mass is 10.1. The van der Waals surface area contributed by atoms with Crippen molar-refractivity contribution in [1.29, 1.82) is 0 Å². The minimum Gasteiger partial charge on any atom is -0.493 e. The van der Waals surface area contributed by atoms with Crippen molar-refractivity contribution >= 4 is 54.4 Å². The number of rotatable bonds is 8. The van der Waals surface area contributed by atoms with Crippen LogP contribution in [0, 0.1) is 5.92 Å². The van der Waals surface area contributed by atoms with Crippen molar-refractivity contribution in [3.63, 3.8) is 0 Å². The fourth-order valence-corrected chi connectivity index (χ4v) is 3.88. The van der Waals surface area contributed by atoms with Crippen molar-refractivity contribution in [3.05, 3.63) is 69.1 Å². The maximum atomic E-state index is 12.6. The normalized spacial score (nSPS) is 10.8. The van der Waals surface area contributed by atoms with Crippen molar-refractivity contribution < 1.29 is 19.1 Å². The van der Waals surface area contributed by atoms with Gasteiger partial charge in [0.2, 0.25) is 0 Å². The largest absolute Gasteiger partial charge is 0.493 e. The highest BCUT2D eigenvalue weighted by atomic mass is 79.9. The number of carbonyl (C=O) groups excluding carboxylic acids is 2. The summed E-state index contributed by atoms with van der Waals surface area (Å²) in [6.45, 7) is 4.45. The number of ether oxygens (including phenoxy) is 2. The van der Waals surface area contributed by atoms with Crippen LogP contribution >= 0.6 is 31.9 Å². The van der Waals surface area contributed by atoms with E-state index in [1.807, 2.05) is 30.3 Å². The molecule has 2 N–H and O–H groups in total. The van der Waals surface area contributed by atoms with Crippen molar-refractivity contribution in [2.75, 3.05) is 13.2 Å². The van der Waals surface area contributed by atoms with Crippen LogP contribution in [0.15, 0.2) is 63.5 Å². The Morgan fingerprint density at radius 3 is 2.47 bits per heavy atom. The summed E-state index contributed by atoms with van der Waals surface area (Å²) < 4.78 is 12.9. The van der Waals surface area contributed by atoms with E-state index in [9.17, 15) is 9.59 Å². The van der Waals surface area contributed by atoms with Crippen LogP contribution in [0.4, 0.5) is 0 Å². The van der Waals surface area contributed by atoms with Gasteiger partial charge in [-0.1, -0.05) is 60.1 Å². The van der Waals surface area contributed by atoms with Gasteiger partial charge in [-0.25, -0.2) is 0 Å². The van der Waals surface area contributed by atoms with E-state index in [1.165, 1.54) is 0 Å². The van der Waals surface area contributed by atoms with E-state index >= 15 is 0 Å². The van der Waals surface area contributed by atoms with Gasteiger partial charge in [-0.15, -0.1) is 0 Å². The number of benzene rings is 3. The van der Waals surface area contributed by atoms with E-state index < -0.39 is 11.8 Å². The molecule has 0 spiro atoms. The fraction of sp³-hybridized carbons (Fsp3) is 0.250. The average molecular weight is 564 g/mol. The summed E-state index contributed by atoms with van der Waals surface area (Å²) in [4.78, 5) is 24.8. The molecule has 0 bridgehead atoms. The fourth-order valence-electron chi connectivity index (χ4n) is 2.91. The van der Waals surface area contributed by atoms with Gasteiger partial charge in [0.15, 0.2) is 6.61 Å². The van der Waals surface area contributed by atoms with Gasteiger partial charge in [0.25, 0.3) is 11.8 Å². The summed E-state index contributed by atoms with van der Waals surface area (Å²) in [5.41, 5.74) is 5.12. The van der Waals surface area contributed by atoms with E-state index in [-0.39, 0.29) is 6.61 Å². The zero-order valence-electron chi connectivity index (χ0n) is 17.8. The van der Waals surface area contributed by atoms with E-state index in [0.29, 0.717) is 29.6 Å². The van der Waals surface area contributed by atoms with Crippen LogP contribution < -0.4 is 20.3 Å². The third-order valence-electron chi connectivity index (χ3n) is 4.64. The van der Waals surface area contributed by atoms with Gasteiger partial charge in [-0.3, -0.25) is 20.4 Å². The Morgan fingerprint density at radius 2 is 1.69 bits per heavy atom. The van der Waals surface area contributed by atoms with Crippen molar-refractivity contribution in [2.45, 2.75) is 20.3 Å². The highest BCUT2D eigenvalue weighted by molar-refractivity contribution is 9.11. The Hall–Kier alpha value is -2.58. The van der Waals surface area contributed by atoms with E-state index in [1.54, 1.807) is 24.3 Å².